The Morgan fingerprint density at radius 3 is 2.57 bits per heavy atom. The summed E-state index contributed by atoms with van der Waals surface area (Å²) in [5.74, 6) is 0. The summed E-state index contributed by atoms with van der Waals surface area (Å²) in [6, 6.07) is 0. The van der Waals surface area contributed by atoms with Crippen LogP contribution in [0.1, 0.15) is 13.3 Å². The van der Waals surface area contributed by atoms with Crippen LogP contribution in [0.3, 0.4) is 0 Å². The number of rotatable bonds is 3. The predicted octanol–water partition coefficient (Wildman–Crippen LogP) is 0.250. The summed E-state index contributed by atoms with van der Waals surface area (Å²) >= 11 is 0. The van der Waals surface area contributed by atoms with Gasteiger partial charge in [-0.3, -0.25) is 0 Å². The van der Waals surface area contributed by atoms with Crippen LogP contribution in [0.2, 0.25) is 0 Å². The monoisotopic (exact) mass is 116 g/mol. The van der Waals surface area contributed by atoms with Gasteiger partial charge in [-0.1, -0.05) is 5.57 Å². The van der Waals surface area contributed by atoms with Crippen LogP contribution < -0.4 is 0 Å². The predicted molar refractivity (Wildman–Crippen MR) is 35.3 cm³/mol. The summed E-state index contributed by atoms with van der Waals surface area (Å²) < 4.78 is 4.93. The van der Waals surface area contributed by atoms with E-state index in [9.17, 15) is 0 Å². The van der Waals surface area contributed by atoms with Crippen LogP contribution in [0.5, 0.6) is 0 Å². The fourth-order valence-electron chi connectivity index (χ4n) is 0.276. The Balaban J connectivity index is 2.82. The molecule has 7 heavy (non-hydrogen) atoms. The second kappa shape index (κ2) is 4.09. The third-order valence-corrected chi connectivity index (χ3v) is 1.14. The third kappa shape index (κ3) is 5.92. The molecule has 0 rings (SSSR count). The first-order chi connectivity index (χ1) is 3.27. The van der Waals surface area contributed by atoms with Crippen molar-refractivity contribution >= 4 is 10.5 Å². The Bertz CT molecular complexity index is 61.1. The van der Waals surface area contributed by atoms with Gasteiger partial charge in [0, 0.05) is 6.61 Å². The summed E-state index contributed by atoms with van der Waals surface area (Å²) in [6.45, 7) is 6.61. The normalized spacial score (nSPS) is 9.29. The molecular weight excluding hydrogens is 104 g/mol. The first-order valence-corrected chi connectivity index (χ1v) is 3.22. The molecule has 0 atom stereocenters. The number of hydrogen-bond donors (Lipinski definition) is 0. The van der Waals surface area contributed by atoms with Gasteiger partial charge < -0.3 is 4.43 Å². The summed E-state index contributed by atoms with van der Waals surface area (Å²) in [6.07, 6.45) is 1.02. The summed E-state index contributed by atoms with van der Waals surface area (Å²) in [7, 11) is 0.853. The van der Waals surface area contributed by atoms with Crippen LogP contribution in [0.4, 0.5) is 0 Å². The second-order valence-corrected chi connectivity index (χ2v) is 2.28. The lowest BCUT2D eigenvalue weighted by atomic mass is 10.3. The highest BCUT2D eigenvalue weighted by atomic mass is 28.2. The van der Waals surface area contributed by atoms with Crippen molar-refractivity contribution in [2.45, 2.75) is 13.3 Å². The van der Waals surface area contributed by atoms with Gasteiger partial charge in [0.05, 0.1) is 0 Å². The van der Waals surface area contributed by atoms with Crippen molar-refractivity contribution < 1.29 is 4.43 Å². The molecule has 0 aromatic rings. The van der Waals surface area contributed by atoms with Gasteiger partial charge in [-0.05, 0) is 13.3 Å². The SMILES string of the molecule is C=C(C)CCO[SiH3]. The van der Waals surface area contributed by atoms with Crippen LogP contribution in [0.15, 0.2) is 12.2 Å². The molecule has 2 heteroatoms. The molecule has 0 N–H and O–H groups in total. The fraction of sp³-hybridized carbons (Fsp3) is 0.600. The van der Waals surface area contributed by atoms with Gasteiger partial charge in [0.2, 0.25) is 0 Å². The van der Waals surface area contributed by atoms with E-state index in [1.807, 2.05) is 6.92 Å². The lowest BCUT2D eigenvalue weighted by Gasteiger charge is -1.94. The molecule has 0 saturated heterocycles. The van der Waals surface area contributed by atoms with Crippen molar-refractivity contribution in [2.24, 2.45) is 0 Å². The van der Waals surface area contributed by atoms with Crippen molar-refractivity contribution in [1.82, 2.24) is 0 Å². The van der Waals surface area contributed by atoms with Crippen LogP contribution in [0.25, 0.3) is 0 Å². The van der Waals surface area contributed by atoms with E-state index in [2.05, 4.69) is 6.58 Å². The fourth-order valence-corrected chi connectivity index (χ4v) is 0.480. The maximum Gasteiger partial charge on any atom is 0.145 e. The maximum atomic E-state index is 4.93. The van der Waals surface area contributed by atoms with Crippen LogP contribution in [-0.2, 0) is 4.43 Å². The maximum absolute atomic E-state index is 4.93. The Morgan fingerprint density at radius 2 is 2.43 bits per heavy atom. The van der Waals surface area contributed by atoms with Crippen LogP contribution >= 0.6 is 0 Å². The average molecular weight is 116 g/mol. The molecule has 0 unspecified atom stereocenters. The minimum absolute atomic E-state index is 0.853. The largest absolute Gasteiger partial charge is 0.428 e. The Hall–Kier alpha value is -0.0831. The van der Waals surface area contributed by atoms with Gasteiger partial charge in [-0.15, -0.1) is 6.58 Å². The molecule has 0 radical (unpaired) electrons. The topological polar surface area (TPSA) is 9.23 Å². The molecule has 0 heterocycles. The molecule has 1 nitrogen and oxygen atoms in total. The van der Waals surface area contributed by atoms with Crippen molar-refractivity contribution in [1.29, 1.82) is 0 Å². The van der Waals surface area contributed by atoms with Gasteiger partial charge >= 0.3 is 0 Å². The molecule has 0 aromatic carbocycles. The molecule has 0 spiro atoms. The lowest BCUT2D eigenvalue weighted by molar-refractivity contribution is 0.354. The van der Waals surface area contributed by atoms with Crippen molar-refractivity contribution in [3.05, 3.63) is 12.2 Å². The molecule has 0 aliphatic heterocycles. The molecule has 0 amide bonds. The minimum Gasteiger partial charge on any atom is -0.428 e. The highest BCUT2D eigenvalue weighted by Gasteiger charge is 1.80. The van der Waals surface area contributed by atoms with Gasteiger partial charge in [0.25, 0.3) is 0 Å². The van der Waals surface area contributed by atoms with Gasteiger partial charge in [0.1, 0.15) is 10.5 Å². The molecule has 0 aliphatic rings. The van der Waals surface area contributed by atoms with Crippen molar-refractivity contribution in [3.8, 4) is 0 Å². The molecular formula is C5H12OSi. The minimum atomic E-state index is 0.853. The van der Waals surface area contributed by atoms with E-state index >= 15 is 0 Å². The Labute approximate surface area is 47.9 Å². The Morgan fingerprint density at radius 1 is 1.86 bits per heavy atom. The molecule has 0 fully saturated rings. The summed E-state index contributed by atoms with van der Waals surface area (Å²) in [4.78, 5) is 0. The van der Waals surface area contributed by atoms with Crippen molar-refractivity contribution in [2.75, 3.05) is 6.61 Å². The van der Waals surface area contributed by atoms with E-state index in [0.29, 0.717) is 0 Å². The second-order valence-electron chi connectivity index (χ2n) is 1.70. The molecule has 0 aromatic heterocycles. The summed E-state index contributed by atoms with van der Waals surface area (Å²) in [5.41, 5.74) is 1.20. The first kappa shape index (κ1) is 6.92. The zero-order chi connectivity index (χ0) is 5.70. The van der Waals surface area contributed by atoms with Gasteiger partial charge in [-0.25, -0.2) is 0 Å². The van der Waals surface area contributed by atoms with Crippen molar-refractivity contribution in [3.63, 3.8) is 0 Å². The van der Waals surface area contributed by atoms with E-state index in [-0.39, 0.29) is 0 Å². The zero-order valence-corrected chi connectivity index (χ0v) is 7.03. The van der Waals surface area contributed by atoms with Crippen LogP contribution in [0, 0.1) is 0 Å². The highest BCUT2D eigenvalue weighted by molar-refractivity contribution is 5.97. The molecule has 42 valence electrons. The van der Waals surface area contributed by atoms with Gasteiger partial charge in [0.15, 0.2) is 0 Å². The quantitative estimate of drug-likeness (QED) is 0.379. The lowest BCUT2D eigenvalue weighted by Crippen LogP contribution is -1.88. The zero-order valence-electron chi connectivity index (χ0n) is 5.03. The highest BCUT2D eigenvalue weighted by Crippen LogP contribution is 1.92. The first-order valence-electron chi connectivity index (χ1n) is 2.40. The average Bonchev–Trinajstić information content (AvgIpc) is 1.61. The van der Waals surface area contributed by atoms with E-state index in [4.69, 9.17) is 4.43 Å². The molecule has 0 aliphatic carbocycles. The smallest absolute Gasteiger partial charge is 0.145 e. The Kier molecular flexibility index (Phi) is 4.04. The van der Waals surface area contributed by atoms with Gasteiger partial charge in [-0.2, -0.15) is 0 Å². The third-order valence-electron chi connectivity index (χ3n) is 0.733. The van der Waals surface area contributed by atoms with E-state index in [0.717, 1.165) is 23.5 Å². The summed E-state index contributed by atoms with van der Waals surface area (Å²) in [5, 5.41) is 0. The standard InChI is InChI=1S/C5H12OSi/c1-5(2)3-4-6-7/h1,3-4H2,2,7H3. The van der Waals surface area contributed by atoms with Crippen LogP contribution in [-0.4, -0.2) is 17.1 Å². The van der Waals surface area contributed by atoms with E-state index < -0.39 is 0 Å². The number of hydrogen-bond acceptors (Lipinski definition) is 1. The molecule has 0 saturated carbocycles. The molecule has 0 bridgehead atoms. The van der Waals surface area contributed by atoms with E-state index in [1.165, 1.54) is 5.57 Å². The van der Waals surface area contributed by atoms with E-state index in [1.54, 1.807) is 0 Å².